The van der Waals surface area contributed by atoms with Gasteiger partial charge < -0.3 is 0 Å². The van der Waals surface area contributed by atoms with E-state index in [0.717, 1.165) is 28.7 Å². The largest absolute Gasteiger partial charge is 0.269 e. The Morgan fingerprint density at radius 1 is 1.55 bits per heavy atom. The number of hydrazine groups is 1. The Hall–Kier alpha value is -2.05. The molecular formula is C14H20N6. The monoisotopic (exact) mass is 272 g/mol. The molecule has 0 aromatic carbocycles. The second-order valence-corrected chi connectivity index (χ2v) is 4.96. The van der Waals surface area contributed by atoms with Crippen LogP contribution >= 0.6 is 0 Å². The van der Waals surface area contributed by atoms with Gasteiger partial charge in [-0.05, 0) is 46.6 Å². The molecule has 1 aliphatic rings. The molecule has 0 spiro atoms. The highest BCUT2D eigenvalue weighted by Gasteiger charge is 2.23. The summed E-state index contributed by atoms with van der Waals surface area (Å²) in [6.45, 7) is 8.92. The number of allylic oxidation sites excluding steroid dienone is 5. The van der Waals surface area contributed by atoms with Gasteiger partial charge in [0.05, 0.1) is 0 Å². The summed E-state index contributed by atoms with van der Waals surface area (Å²) in [5.74, 6) is 6.42. The van der Waals surface area contributed by atoms with E-state index in [9.17, 15) is 0 Å². The average molecular weight is 272 g/mol. The fourth-order valence-electron chi connectivity index (χ4n) is 2.27. The minimum absolute atomic E-state index is 0.700. The van der Waals surface area contributed by atoms with Crippen molar-refractivity contribution in [1.29, 1.82) is 0 Å². The molecule has 6 heteroatoms. The van der Waals surface area contributed by atoms with Gasteiger partial charge in [0.1, 0.15) is 0 Å². The summed E-state index contributed by atoms with van der Waals surface area (Å²) in [7, 11) is 1.85. The highest BCUT2D eigenvalue weighted by atomic mass is 15.5. The first-order valence-corrected chi connectivity index (χ1v) is 6.48. The number of nitrogens with zero attached hydrogens (tertiary/aromatic N) is 4. The van der Waals surface area contributed by atoms with Crippen LogP contribution in [0.4, 0.5) is 0 Å². The lowest BCUT2D eigenvalue weighted by molar-refractivity contribution is 0.383. The third-order valence-electron chi connectivity index (χ3n) is 3.45. The molecule has 0 saturated heterocycles. The van der Waals surface area contributed by atoms with Crippen LogP contribution in [0.1, 0.15) is 26.1 Å². The maximum Gasteiger partial charge on any atom is 0.175 e. The van der Waals surface area contributed by atoms with E-state index in [0.29, 0.717) is 12.4 Å². The van der Waals surface area contributed by atoms with Crippen LogP contribution in [0.3, 0.4) is 0 Å². The molecule has 0 bridgehead atoms. The first-order chi connectivity index (χ1) is 9.52. The second-order valence-electron chi connectivity index (χ2n) is 4.96. The molecule has 0 unspecified atom stereocenters. The molecule has 0 aliphatic heterocycles. The number of nitrogens with one attached hydrogen (secondary N) is 1. The van der Waals surface area contributed by atoms with Crippen LogP contribution in [0.25, 0.3) is 5.57 Å². The minimum Gasteiger partial charge on any atom is -0.269 e. The quantitative estimate of drug-likeness (QED) is 0.642. The van der Waals surface area contributed by atoms with Gasteiger partial charge in [0.2, 0.25) is 0 Å². The fraction of sp³-hybridized carbons (Fsp3) is 0.357. The maximum absolute atomic E-state index is 5.71. The van der Waals surface area contributed by atoms with E-state index < -0.39 is 0 Å². The van der Waals surface area contributed by atoms with Crippen LogP contribution in [0, 0.1) is 0 Å². The van der Waals surface area contributed by atoms with Crippen molar-refractivity contribution in [2.24, 2.45) is 5.84 Å². The van der Waals surface area contributed by atoms with Crippen molar-refractivity contribution in [1.82, 2.24) is 25.6 Å². The molecule has 1 aromatic heterocycles. The van der Waals surface area contributed by atoms with Gasteiger partial charge in [-0.1, -0.05) is 18.7 Å². The van der Waals surface area contributed by atoms with Gasteiger partial charge in [-0.25, -0.2) is 10.1 Å². The van der Waals surface area contributed by atoms with Crippen LogP contribution in [-0.4, -0.2) is 39.2 Å². The van der Waals surface area contributed by atoms with Gasteiger partial charge in [-0.15, -0.1) is 5.10 Å². The number of nitrogens with two attached hydrogens (primary N) is 1. The van der Waals surface area contributed by atoms with Gasteiger partial charge in [0.25, 0.3) is 0 Å². The van der Waals surface area contributed by atoms with Gasteiger partial charge >= 0.3 is 0 Å². The Kier molecular flexibility index (Phi) is 4.26. The Labute approximate surface area is 118 Å². The lowest BCUT2D eigenvalue weighted by Gasteiger charge is -2.11. The molecule has 1 aliphatic carbocycles. The average Bonchev–Trinajstić information content (AvgIpc) is 3.01. The second kappa shape index (κ2) is 5.94. The summed E-state index contributed by atoms with van der Waals surface area (Å²) in [4.78, 5) is 0. The first-order valence-electron chi connectivity index (χ1n) is 6.48. The fourth-order valence-corrected chi connectivity index (χ4v) is 2.27. The molecule has 0 fully saturated rings. The molecule has 3 N–H and O–H groups in total. The van der Waals surface area contributed by atoms with Crippen molar-refractivity contribution < 1.29 is 0 Å². The highest BCUT2D eigenvalue weighted by molar-refractivity contribution is 5.78. The Morgan fingerprint density at radius 3 is 2.85 bits per heavy atom. The SMILES string of the molecule is C=C1C(C)=C(c2nnn[nH]2)C/C1=C/C(=C\C)CN(C)N. The number of hydrogen-bond donors (Lipinski definition) is 2. The Bertz CT molecular complexity index is 589. The number of aromatic nitrogens is 4. The lowest BCUT2D eigenvalue weighted by Crippen LogP contribution is -2.27. The van der Waals surface area contributed by atoms with Crippen molar-refractivity contribution in [3.63, 3.8) is 0 Å². The molecule has 20 heavy (non-hydrogen) atoms. The van der Waals surface area contributed by atoms with E-state index in [1.165, 1.54) is 5.57 Å². The van der Waals surface area contributed by atoms with Crippen LogP contribution in [0.5, 0.6) is 0 Å². The summed E-state index contributed by atoms with van der Waals surface area (Å²) in [6.07, 6.45) is 4.99. The topological polar surface area (TPSA) is 83.7 Å². The summed E-state index contributed by atoms with van der Waals surface area (Å²) >= 11 is 0. The van der Waals surface area contributed by atoms with E-state index >= 15 is 0 Å². The van der Waals surface area contributed by atoms with Crippen molar-refractivity contribution in [2.45, 2.75) is 20.3 Å². The zero-order valence-electron chi connectivity index (χ0n) is 12.1. The smallest absolute Gasteiger partial charge is 0.175 e. The van der Waals surface area contributed by atoms with Crippen LogP contribution in [0.15, 0.2) is 41.0 Å². The summed E-state index contributed by atoms with van der Waals surface area (Å²) in [5.41, 5.74) is 5.62. The van der Waals surface area contributed by atoms with Crippen LogP contribution in [-0.2, 0) is 0 Å². The maximum atomic E-state index is 5.71. The predicted octanol–water partition coefficient (Wildman–Crippen LogP) is 1.61. The third-order valence-corrected chi connectivity index (χ3v) is 3.45. The Balaban J connectivity index is 2.24. The molecule has 1 aromatic rings. The molecular weight excluding hydrogens is 252 g/mol. The lowest BCUT2D eigenvalue weighted by atomic mass is 10.0. The highest BCUT2D eigenvalue weighted by Crippen LogP contribution is 2.39. The number of aromatic amines is 1. The zero-order valence-corrected chi connectivity index (χ0v) is 12.1. The number of H-pyrrole nitrogens is 1. The van der Waals surface area contributed by atoms with E-state index in [-0.39, 0.29) is 0 Å². The number of hydrogen-bond acceptors (Lipinski definition) is 5. The van der Waals surface area contributed by atoms with E-state index in [4.69, 9.17) is 5.84 Å². The van der Waals surface area contributed by atoms with Crippen molar-refractivity contribution in [3.8, 4) is 0 Å². The molecule has 0 amide bonds. The predicted molar refractivity (Wildman–Crippen MR) is 79.2 cm³/mol. The molecule has 2 rings (SSSR count). The number of rotatable bonds is 4. The van der Waals surface area contributed by atoms with E-state index in [2.05, 4.69) is 39.4 Å². The summed E-state index contributed by atoms with van der Waals surface area (Å²) in [5, 5.41) is 15.7. The Morgan fingerprint density at radius 2 is 2.30 bits per heavy atom. The molecule has 106 valence electrons. The minimum atomic E-state index is 0.700. The normalized spacial score (nSPS) is 18.8. The summed E-state index contributed by atoms with van der Waals surface area (Å²) < 4.78 is 0. The third kappa shape index (κ3) is 2.92. The van der Waals surface area contributed by atoms with Crippen molar-refractivity contribution in [2.75, 3.05) is 13.6 Å². The summed E-state index contributed by atoms with van der Waals surface area (Å²) in [6, 6.07) is 0. The van der Waals surface area contributed by atoms with Gasteiger partial charge in [-0.3, -0.25) is 5.84 Å². The standard InChI is InChI=1S/C14H20N6/c1-5-11(8-20(4)15)6-12-7-13(10(3)9(12)2)14-16-18-19-17-14/h5-6H,2,7-8,15H2,1,3-4H3,(H,16,17,18,19)/b11-5+,12-6-. The number of tetrazole rings is 1. The van der Waals surface area contributed by atoms with Crippen LogP contribution in [0.2, 0.25) is 0 Å². The molecule has 1 heterocycles. The van der Waals surface area contributed by atoms with Crippen molar-refractivity contribution in [3.05, 3.63) is 46.8 Å². The van der Waals surface area contributed by atoms with E-state index in [1.807, 2.05) is 20.9 Å². The number of likely N-dealkylation sites (N-methyl/N-ethyl adjacent to an activating group) is 1. The first kappa shape index (κ1) is 14.4. The zero-order chi connectivity index (χ0) is 14.7. The molecule has 0 radical (unpaired) electrons. The van der Waals surface area contributed by atoms with Gasteiger partial charge in [-0.2, -0.15) is 0 Å². The van der Waals surface area contributed by atoms with Gasteiger partial charge in [0, 0.05) is 25.6 Å². The molecule has 6 nitrogen and oxygen atoms in total. The molecule has 0 saturated carbocycles. The van der Waals surface area contributed by atoms with Gasteiger partial charge in [0.15, 0.2) is 5.82 Å². The van der Waals surface area contributed by atoms with E-state index in [1.54, 1.807) is 5.01 Å². The van der Waals surface area contributed by atoms with Crippen LogP contribution < -0.4 is 5.84 Å². The van der Waals surface area contributed by atoms with Crippen molar-refractivity contribution >= 4 is 5.57 Å². The molecule has 0 atom stereocenters.